The SMILES string of the molecule is CCC(CC(C)C)C(=O)OCCCCCCOC(=O)C(CC(C)C)NC(=O)CCCCCCCCC(C)=O. The van der Waals surface area contributed by atoms with Crippen LogP contribution in [0.1, 0.15) is 138 Å². The highest BCUT2D eigenvalue weighted by Gasteiger charge is 2.23. The van der Waals surface area contributed by atoms with Crippen LogP contribution >= 0.6 is 0 Å². The van der Waals surface area contributed by atoms with Gasteiger partial charge in [0.15, 0.2) is 0 Å². The van der Waals surface area contributed by atoms with E-state index in [0.717, 1.165) is 77.0 Å². The minimum atomic E-state index is -0.606. The Hall–Kier alpha value is -1.92. The number of ketones is 1. The van der Waals surface area contributed by atoms with Gasteiger partial charge in [0.25, 0.3) is 0 Å². The van der Waals surface area contributed by atoms with Crippen LogP contribution in [0, 0.1) is 17.8 Å². The van der Waals surface area contributed by atoms with Gasteiger partial charge in [-0.3, -0.25) is 9.59 Å². The first kappa shape index (κ1) is 36.1. The molecule has 0 spiro atoms. The zero-order valence-corrected chi connectivity index (χ0v) is 25.3. The molecule has 38 heavy (non-hydrogen) atoms. The van der Waals surface area contributed by atoms with Gasteiger partial charge in [-0.05, 0) is 76.5 Å². The maximum absolute atomic E-state index is 12.6. The molecule has 0 aromatic heterocycles. The first-order valence-corrected chi connectivity index (χ1v) is 15.2. The summed E-state index contributed by atoms with van der Waals surface area (Å²) in [6.07, 6.45) is 12.6. The minimum Gasteiger partial charge on any atom is -0.465 e. The number of esters is 2. The van der Waals surface area contributed by atoms with Crippen molar-refractivity contribution in [2.45, 2.75) is 144 Å². The number of carbonyl (C=O) groups excluding carboxylic acids is 4. The molecule has 7 nitrogen and oxygen atoms in total. The van der Waals surface area contributed by atoms with Crippen molar-refractivity contribution in [1.82, 2.24) is 5.32 Å². The molecule has 222 valence electrons. The van der Waals surface area contributed by atoms with E-state index in [4.69, 9.17) is 9.47 Å². The highest BCUT2D eigenvalue weighted by atomic mass is 16.5. The topological polar surface area (TPSA) is 98.8 Å². The first-order chi connectivity index (χ1) is 18.1. The summed E-state index contributed by atoms with van der Waals surface area (Å²) in [7, 11) is 0. The summed E-state index contributed by atoms with van der Waals surface area (Å²) in [6.45, 7) is 12.7. The lowest BCUT2D eigenvalue weighted by molar-refractivity contribution is -0.150. The average Bonchev–Trinajstić information content (AvgIpc) is 2.84. The summed E-state index contributed by atoms with van der Waals surface area (Å²) in [4.78, 5) is 48.1. The molecule has 0 rings (SSSR count). The van der Waals surface area contributed by atoms with Crippen LogP contribution < -0.4 is 5.32 Å². The van der Waals surface area contributed by atoms with Crippen LogP contribution in [-0.2, 0) is 28.7 Å². The lowest BCUT2D eigenvalue weighted by Gasteiger charge is -2.19. The van der Waals surface area contributed by atoms with Crippen LogP contribution in [0.2, 0.25) is 0 Å². The van der Waals surface area contributed by atoms with Gasteiger partial charge in [-0.1, -0.05) is 60.3 Å². The van der Waals surface area contributed by atoms with Crippen LogP contribution in [0.15, 0.2) is 0 Å². The second-order valence-corrected chi connectivity index (χ2v) is 11.6. The quantitative estimate of drug-likeness (QED) is 0.105. The molecule has 0 fully saturated rings. The predicted molar refractivity (Wildman–Crippen MR) is 153 cm³/mol. The van der Waals surface area contributed by atoms with Crippen LogP contribution in [0.3, 0.4) is 0 Å². The van der Waals surface area contributed by atoms with Crippen molar-refractivity contribution in [3.63, 3.8) is 0 Å². The Morgan fingerprint density at radius 2 is 1.11 bits per heavy atom. The predicted octanol–water partition coefficient (Wildman–Crippen LogP) is 6.95. The zero-order valence-electron chi connectivity index (χ0n) is 25.3. The third-order valence-electron chi connectivity index (χ3n) is 6.62. The fourth-order valence-electron chi connectivity index (χ4n) is 4.44. The molecular weight excluding hydrogens is 482 g/mol. The summed E-state index contributed by atoms with van der Waals surface area (Å²) < 4.78 is 10.9. The molecule has 1 amide bonds. The number of Topliss-reactive ketones (excluding diaryl/α,β-unsaturated/α-hetero) is 1. The summed E-state index contributed by atoms with van der Waals surface area (Å²) in [5, 5.41) is 2.88. The molecule has 1 N–H and O–H groups in total. The number of ether oxygens (including phenoxy) is 2. The van der Waals surface area contributed by atoms with Gasteiger partial charge in [-0.15, -0.1) is 0 Å². The molecule has 0 aliphatic heterocycles. The van der Waals surface area contributed by atoms with Gasteiger partial charge in [0.1, 0.15) is 11.8 Å². The second-order valence-electron chi connectivity index (χ2n) is 11.6. The van der Waals surface area contributed by atoms with E-state index in [1.165, 1.54) is 0 Å². The van der Waals surface area contributed by atoms with E-state index < -0.39 is 6.04 Å². The average molecular weight is 540 g/mol. The molecule has 0 aromatic rings. The lowest BCUT2D eigenvalue weighted by atomic mass is 9.95. The van der Waals surface area contributed by atoms with Gasteiger partial charge in [-0.25, -0.2) is 4.79 Å². The summed E-state index contributed by atoms with van der Waals surface area (Å²) in [5.41, 5.74) is 0. The van der Waals surface area contributed by atoms with Gasteiger partial charge < -0.3 is 19.6 Å². The number of rotatable bonds is 24. The largest absolute Gasteiger partial charge is 0.465 e. The van der Waals surface area contributed by atoms with Crippen LogP contribution in [0.25, 0.3) is 0 Å². The van der Waals surface area contributed by atoms with E-state index in [9.17, 15) is 19.2 Å². The summed E-state index contributed by atoms with van der Waals surface area (Å²) >= 11 is 0. The van der Waals surface area contributed by atoms with Crippen molar-refractivity contribution in [3.05, 3.63) is 0 Å². The van der Waals surface area contributed by atoms with Crippen molar-refractivity contribution in [3.8, 4) is 0 Å². The molecule has 0 saturated carbocycles. The van der Waals surface area contributed by atoms with E-state index in [-0.39, 0.29) is 35.5 Å². The van der Waals surface area contributed by atoms with Crippen molar-refractivity contribution < 1.29 is 28.7 Å². The number of amides is 1. The number of hydrogen-bond acceptors (Lipinski definition) is 6. The summed E-state index contributed by atoms with van der Waals surface area (Å²) in [5.74, 6) is 0.429. The van der Waals surface area contributed by atoms with Crippen LogP contribution in [0.4, 0.5) is 0 Å². The molecule has 0 bridgehead atoms. The molecule has 0 aliphatic rings. The Kier molecular flexibility index (Phi) is 21.8. The maximum atomic E-state index is 12.6. The Labute approximate surface area is 232 Å². The molecule has 7 heteroatoms. The Morgan fingerprint density at radius 1 is 0.632 bits per heavy atom. The van der Waals surface area contributed by atoms with Crippen molar-refractivity contribution in [2.24, 2.45) is 17.8 Å². The number of carbonyl (C=O) groups is 4. The van der Waals surface area contributed by atoms with E-state index >= 15 is 0 Å². The first-order valence-electron chi connectivity index (χ1n) is 15.2. The van der Waals surface area contributed by atoms with E-state index in [1.54, 1.807) is 6.92 Å². The molecule has 0 radical (unpaired) electrons. The fourth-order valence-corrected chi connectivity index (χ4v) is 4.44. The van der Waals surface area contributed by atoms with Crippen LogP contribution in [0.5, 0.6) is 0 Å². The summed E-state index contributed by atoms with van der Waals surface area (Å²) in [6, 6.07) is -0.606. The molecule has 2 unspecified atom stereocenters. The lowest BCUT2D eigenvalue weighted by Crippen LogP contribution is -2.42. The monoisotopic (exact) mass is 539 g/mol. The Morgan fingerprint density at radius 3 is 1.61 bits per heavy atom. The molecule has 2 atom stereocenters. The number of unbranched alkanes of at least 4 members (excludes halogenated alkanes) is 8. The van der Waals surface area contributed by atoms with Gasteiger partial charge in [0, 0.05) is 12.8 Å². The molecule has 0 aliphatic carbocycles. The van der Waals surface area contributed by atoms with Gasteiger partial charge in [0.2, 0.25) is 5.91 Å². The molecule has 0 heterocycles. The minimum absolute atomic E-state index is 0.0111. The molecule has 0 aromatic carbocycles. The number of hydrogen-bond donors (Lipinski definition) is 1. The molecular formula is C31H57NO6. The Balaban J connectivity index is 4.07. The standard InChI is InChI=1S/C31H57NO6/c1-7-27(22-24(2)3)30(35)37-20-16-12-13-17-21-38-31(36)28(23-25(4)5)32-29(34)19-15-11-9-8-10-14-18-26(6)33/h24-25,27-28H,7-23H2,1-6H3,(H,32,34). The zero-order chi connectivity index (χ0) is 28.8. The highest BCUT2D eigenvalue weighted by molar-refractivity contribution is 5.84. The second kappa shape index (κ2) is 23.0. The van der Waals surface area contributed by atoms with E-state index in [2.05, 4.69) is 19.2 Å². The van der Waals surface area contributed by atoms with E-state index in [1.807, 2.05) is 20.8 Å². The smallest absolute Gasteiger partial charge is 0.328 e. The normalized spacial score (nSPS) is 12.8. The van der Waals surface area contributed by atoms with Crippen LogP contribution in [-0.4, -0.2) is 42.9 Å². The fraction of sp³-hybridized carbons (Fsp3) is 0.871. The third-order valence-corrected chi connectivity index (χ3v) is 6.62. The van der Waals surface area contributed by atoms with Crippen molar-refractivity contribution >= 4 is 23.6 Å². The Bertz CT molecular complexity index is 661. The van der Waals surface area contributed by atoms with Crippen molar-refractivity contribution in [2.75, 3.05) is 13.2 Å². The number of nitrogens with one attached hydrogen (secondary N) is 1. The van der Waals surface area contributed by atoms with Gasteiger partial charge in [-0.2, -0.15) is 0 Å². The van der Waals surface area contributed by atoms with Gasteiger partial charge >= 0.3 is 11.9 Å². The van der Waals surface area contributed by atoms with Gasteiger partial charge in [0.05, 0.1) is 19.1 Å². The maximum Gasteiger partial charge on any atom is 0.328 e. The highest BCUT2D eigenvalue weighted by Crippen LogP contribution is 2.17. The third kappa shape index (κ3) is 21.1. The molecule has 0 saturated heterocycles. The van der Waals surface area contributed by atoms with Crippen molar-refractivity contribution in [1.29, 1.82) is 0 Å². The van der Waals surface area contributed by atoms with E-state index in [0.29, 0.717) is 38.4 Å².